The van der Waals surface area contributed by atoms with Crippen LogP contribution in [0, 0.1) is 11.8 Å². The normalized spacial score (nSPS) is 17.9. The summed E-state index contributed by atoms with van der Waals surface area (Å²) in [5.74, 6) is 1.38. The zero-order valence-electron chi connectivity index (χ0n) is 16.7. The van der Waals surface area contributed by atoms with Crippen molar-refractivity contribution >= 4 is 11.8 Å². The van der Waals surface area contributed by atoms with E-state index in [1.54, 1.807) is 6.07 Å². The summed E-state index contributed by atoms with van der Waals surface area (Å²) in [6.45, 7) is 5.34. The zero-order chi connectivity index (χ0) is 19.2. The van der Waals surface area contributed by atoms with Crippen molar-refractivity contribution in [2.24, 2.45) is 11.8 Å². The van der Waals surface area contributed by atoms with Crippen LogP contribution in [0.4, 0.5) is 0 Å². The van der Waals surface area contributed by atoms with Gasteiger partial charge in [-0.05, 0) is 44.4 Å². The number of hydrogen-bond acceptors (Lipinski definition) is 4. The van der Waals surface area contributed by atoms with Crippen molar-refractivity contribution in [2.45, 2.75) is 84.2 Å². The second-order valence-electron chi connectivity index (χ2n) is 8.10. The second kappa shape index (κ2) is 9.38. The van der Waals surface area contributed by atoms with E-state index in [2.05, 4.69) is 24.3 Å². The van der Waals surface area contributed by atoms with Crippen molar-refractivity contribution in [3.05, 3.63) is 17.5 Å². The van der Waals surface area contributed by atoms with Crippen molar-refractivity contribution < 1.29 is 14.1 Å². The molecule has 0 aliphatic heterocycles. The van der Waals surface area contributed by atoms with E-state index in [1.165, 1.54) is 19.3 Å². The Labute approximate surface area is 162 Å². The van der Waals surface area contributed by atoms with Gasteiger partial charge in [0.1, 0.15) is 0 Å². The third-order valence-corrected chi connectivity index (χ3v) is 5.99. The third kappa shape index (κ3) is 5.33. The highest BCUT2D eigenvalue weighted by atomic mass is 16.5. The Morgan fingerprint density at radius 2 is 1.89 bits per heavy atom. The average molecular weight is 376 g/mol. The Balaban J connectivity index is 1.65. The fourth-order valence-corrected chi connectivity index (χ4v) is 4.01. The van der Waals surface area contributed by atoms with Crippen molar-refractivity contribution in [1.29, 1.82) is 0 Å². The van der Waals surface area contributed by atoms with Crippen LogP contribution in [-0.2, 0) is 11.3 Å². The van der Waals surface area contributed by atoms with Gasteiger partial charge in [0.15, 0.2) is 11.5 Å². The lowest BCUT2D eigenvalue weighted by Gasteiger charge is -2.34. The summed E-state index contributed by atoms with van der Waals surface area (Å²) < 4.78 is 5.41. The molecule has 0 radical (unpaired) electrons. The van der Waals surface area contributed by atoms with Crippen LogP contribution >= 0.6 is 0 Å². The fraction of sp³-hybridized carbons (Fsp3) is 0.762. The zero-order valence-corrected chi connectivity index (χ0v) is 16.7. The van der Waals surface area contributed by atoms with Crippen LogP contribution in [0.3, 0.4) is 0 Å². The molecule has 0 atom stereocenters. The lowest BCUT2D eigenvalue weighted by molar-refractivity contribution is -0.140. The Morgan fingerprint density at radius 3 is 2.52 bits per heavy atom. The Morgan fingerprint density at radius 1 is 1.19 bits per heavy atom. The Kier molecular flexibility index (Phi) is 6.91. The number of rotatable bonds is 9. The van der Waals surface area contributed by atoms with Gasteiger partial charge in [-0.15, -0.1) is 0 Å². The highest BCUT2D eigenvalue weighted by Gasteiger charge is 2.30. The minimum atomic E-state index is -0.190. The number of nitrogens with zero attached hydrogens (tertiary/aromatic N) is 2. The lowest BCUT2D eigenvalue weighted by Crippen LogP contribution is -2.43. The number of amides is 2. The SMILES string of the molecule is CCC(CC)N(Cc1cc(C(=O)NCC2CC2)no1)C(=O)C1CCCCC1. The summed E-state index contributed by atoms with van der Waals surface area (Å²) in [6.07, 6.45) is 9.70. The summed E-state index contributed by atoms with van der Waals surface area (Å²) in [5.41, 5.74) is 0.306. The van der Waals surface area contributed by atoms with E-state index in [0.29, 0.717) is 30.5 Å². The van der Waals surface area contributed by atoms with E-state index in [9.17, 15) is 9.59 Å². The van der Waals surface area contributed by atoms with Gasteiger partial charge in [-0.1, -0.05) is 38.3 Å². The van der Waals surface area contributed by atoms with Gasteiger partial charge < -0.3 is 14.7 Å². The molecule has 150 valence electrons. The maximum absolute atomic E-state index is 13.2. The number of carbonyl (C=O) groups excluding carboxylic acids is 2. The van der Waals surface area contributed by atoms with Gasteiger partial charge in [0.25, 0.3) is 5.91 Å². The van der Waals surface area contributed by atoms with Crippen LogP contribution < -0.4 is 5.32 Å². The standard InChI is InChI=1S/C21H33N3O3/c1-3-17(4-2)24(21(26)16-8-6-5-7-9-16)14-18-12-19(23-27-18)20(25)22-13-15-10-11-15/h12,15-17H,3-11,13-14H2,1-2H3,(H,22,25). The Bertz CT molecular complexity index is 628. The number of aromatic nitrogens is 1. The number of hydrogen-bond donors (Lipinski definition) is 1. The molecule has 1 aromatic rings. The Hall–Kier alpha value is -1.85. The molecule has 2 aliphatic rings. The fourth-order valence-electron chi connectivity index (χ4n) is 4.01. The van der Waals surface area contributed by atoms with E-state index in [1.807, 2.05) is 4.90 Å². The highest BCUT2D eigenvalue weighted by Crippen LogP contribution is 2.29. The third-order valence-electron chi connectivity index (χ3n) is 5.99. The van der Waals surface area contributed by atoms with E-state index in [4.69, 9.17) is 4.52 Å². The molecule has 2 fully saturated rings. The molecule has 1 aromatic heterocycles. The predicted octanol–water partition coefficient (Wildman–Crippen LogP) is 3.91. The van der Waals surface area contributed by atoms with Crippen LogP contribution in [0.1, 0.15) is 87.9 Å². The summed E-state index contributed by atoms with van der Waals surface area (Å²) in [5, 5.41) is 6.83. The van der Waals surface area contributed by atoms with Gasteiger partial charge in [0, 0.05) is 24.6 Å². The van der Waals surface area contributed by atoms with Gasteiger partial charge in [-0.25, -0.2) is 0 Å². The minimum Gasteiger partial charge on any atom is -0.359 e. The highest BCUT2D eigenvalue weighted by molar-refractivity contribution is 5.92. The lowest BCUT2D eigenvalue weighted by atomic mass is 9.87. The molecule has 27 heavy (non-hydrogen) atoms. The van der Waals surface area contributed by atoms with Gasteiger partial charge in [-0.3, -0.25) is 9.59 Å². The number of carbonyl (C=O) groups is 2. The van der Waals surface area contributed by atoms with Crippen molar-refractivity contribution in [3.8, 4) is 0 Å². The molecule has 0 spiro atoms. The smallest absolute Gasteiger partial charge is 0.273 e. The molecule has 1 N–H and O–H groups in total. The first-order chi connectivity index (χ1) is 13.1. The van der Waals surface area contributed by atoms with E-state index in [0.717, 1.165) is 38.5 Å². The summed E-state index contributed by atoms with van der Waals surface area (Å²) >= 11 is 0. The van der Waals surface area contributed by atoms with Crippen molar-refractivity contribution in [2.75, 3.05) is 6.54 Å². The molecule has 1 heterocycles. The second-order valence-corrected chi connectivity index (χ2v) is 8.10. The summed E-state index contributed by atoms with van der Waals surface area (Å²) in [7, 11) is 0. The first kappa shape index (κ1) is 19.9. The number of nitrogens with one attached hydrogen (secondary N) is 1. The molecule has 3 rings (SSSR count). The molecule has 6 nitrogen and oxygen atoms in total. The van der Waals surface area contributed by atoms with Crippen LogP contribution in [0.25, 0.3) is 0 Å². The molecule has 2 aliphatic carbocycles. The van der Waals surface area contributed by atoms with Crippen LogP contribution in [0.5, 0.6) is 0 Å². The average Bonchev–Trinajstić information content (AvgIpc) is 3.42. The van der Waals surface area contributed by atoms with Gasteiger partial charge >= 0.3 is 0 Å². The van der Waals surface area contributed by atoms with Gasteiger partial charge in [0.2, 0.25) is 5.91 Å². The monoisotopic (exact) mass is 375 g/mol. The molecule has 0 unspecified atom stereocenters. The molecule has 2 amide bonds. The quantitative estimate of drug-likeness (QED) is 0.710. The van der Waals surface area contributed by atoms with Crippen molar-refractivity contribution in [3.63, 3.8) is 0 Å². The topological polar surface area (TPSA) is 75.4 Å². The molecule has 0 saturated heterocycles. The first-order valence-corrected chi connectivity index (χ1v) is 10.7. The molecule has 0 bridgehead atoms. The van der Waals surface area contributed by atoms with Crippen LogP contribution in [-0.4, -0.2) is 34.5 Å². The van der Waals surface area contributed by atoms with Crippen LogP contribution in [0.15, 0.2) is 10.6 Å². The summed E-state index contributed by atoms with van der Waals surface area (Å²) in [4.78, 5) is 27.3. The first-order valence-electron chi connectivity index (χ1n) is 10.7. The minimum absolute atomic E-state index is 0.128. The maximum Gasteiger partial charge on any atom is 0.273 e. The summed E-state index contributed by atoms with van der Waals surface area (Å²) in [6, 6.07) is 1.88. The van der Waals surface area contributed by atoms with Gasteiger partial charge in [0.05, 0.1) is 6.54 Å². The molecule has 2 saturated carbocycles. The predicted molar refractivity (Wildman–Crippen MR) is 103 cm³/mol. The maximum atomic E-state index is 13.2. The largest absolute Gasteiger partial charge is 0.359 e. The van der Waals surface area contributed by atoms with Crippen molar-refractivity contribution in [1.82, 2.24) is 15.4 Å². The molecule has 6 heteroatoms. The molecule has 0 aromatic carbocycles. The van der Waals surface area contributed by atoms with E-state index >= 15 is 0 Å². The molecular formula is C21H33N3O3. The van der Waals surface area contributed by atoms with E-state index < -0.39 is 0 Å². The van der Waals surface area contributed by atoms with E-state index in [-0.39, 0.29) is 23.8 Å². The van der Waals surface area contributed by atoms with Gasteiger partial charge in [-0.2, -0.15) is 0 Å². The molecular weight excluding hydrogens is 342 g/mol. The van der Waals surface area contributed by atoms with Crippen LogP contribution in [0.2, 0.25) is 0 Å².